The smallest absolute Gasteiger partial charge is 0.223 e. The van der Waals surface area contributed by atoms with Crippen LogP contribution in [0.2, 0.25) is 0 Å². The van der Waals surface area contributed by atoms with Crippen LogP contribution in [-0.4, -0.2) is 42.6 Å². The summed E-state index contributed by atoms with van der Waals surface area (Å²) in [5.41, 5.74) is 5.61. The average Bonchev–Trinajstić information content (AvgIpc) is 2.15. The first-order chi connectivity index (χ1) is 6.61. The maximum Gasteiger partial charge on any atom is 0.223 e. The van der Waals surface area contributed by atoms with Gasteiger partial charge in [0.25, 0.3) is 0 Å². The number of morpholine rings is 1. The summed E-state index contributed by atoms with van der Waals surface area (Å²) >= 11 is 0. The van der Waals surface area contributed by atoms with Gasteiger partial charge in [-0.25, -0.2) is 0 Å². The van der Waals surface area contributed by atoms with Crippen LogP contribution in [-0.2, 0) is 9.53 Å². The molecule has 0 aromatic heterocycles. The molecule has 2 N–H and O–H groups in total. The summed E-state index contributed by atoms with van der Waals surface area (Å²) in [4.78, 5) is 13.6. The lowest BCUT2D eigenvalue weighted by atomic mass is 10.1. The van der Waals surface area contributed by atoms with Crippen LogP contribution in [0.3, 0.4) is 0 Å². The van der Waals surface area contributed by atoms with E-state index in [1.807, 2.05) is 18.7 Å². The van der Waals surface area contributed by atoms with Crippen LogP contribution in [0.15, 0.2) is 0 Å². The molecule has 0 aromatic rings. The summed E-state index contributed by atoms with van der Waals surface area (Å²) in [6.07, 6.45) is 1.32. The molecule has 1 fully saturated rings. The number of rotatable bonds is 3. The predicted octanol–water partition coefficient (Wildman–Crippen LogP) is 0.361. The number of nitrogens with zero attached hydrogens (tertiary/aromatic N) is 1. The average molecular weight is 200 g/mol. The number of ether oxygens (including phenoxy) is 1. The van der Waals surface area contributed by atoms with E-state index in [1.54, 1.807) is 0 Å². The molecular formula is C10H20N2O2. The van der Waals surface area contributed by atoms with E-state index in [1.165, 1.54) is 0 Å². The molecule has 0 aliphatic carbocycles. The molecule has 1 aliphatic heterocycles. The SMILES string of the molecule is CC(N)CCC(=O)N1CCOC[C@H]1C. The highest BCUT2D eigenvalue weighted by Crippen LogP contribution is 2.09. The summed E-state index contributed by atoms with van der Waals surface area (Å²) < 4.78 is 5.27. The number of nitrogens with two attached hydrogens (primary N) is 1. The first kappa shape index (κ1) is 11.5. The maximum absolute atomic E-state index is 11.7. The molecule has 0 saturated carbocycles. The van der Waals surface area contributed by atoms with E-state index >= 15 is 0 Å². The van der Waals surface area contributed by atoms with Crippen molar-refractivity contribution in [1.82, 2.24) is 4.90 Å². The van der Waals surface area contributed by atoms with Crippen molar-refractivity contribution in [2.75, 3.05) is 19.8 Å². The zero-order valence-corrected chi connectivity index (χ0v) is 9.03. The Bertz CT molecular complexity index is 195. The van der Waals surface area contributed by atoms with Gasteiger partial charge in [-0.1, -0.05) is 0 Å². The van der Waals surface area contributed by atoms with Gasteiger partial charge < -0.3 is 15.4 Å². The van der Waals surface area contributed by atoms with Crippen molar-refractivity contribution in [3.05, 3.63) is 0 Å². The van der Waals surface area contributed by atoms with Crippen molar-refractivity contribution in [1.29, 1.82) is 0 Å². The summed E-state index contributed by atoms with van der Waals surface area (Å²) in [5.74, 6) is 0.207. The van der Waals surface area contributed by atoms with Crippen molar-refractivity contribution < 1.29 is 9.53 Å². The second-order valence-corrected chi connectivity index (χ2v) is 4.03. The van der Waals surface area contributed by atoms with E-state index in [2.05, 4.69) is 0 Å². The topological polar surface area (TPSA) is 55.6 Å². The largest absolute Gasteiger partial charge is 0.377 e. The maximum atomic E-state index is 11.7. The molecule has 0 bridgehead atoms. The zero-order chi connectivity index (χ0) is 10.6. The summed E-state index contributed by atoms with van der Waals surface area (Å²) in [7, 11) is 0. The predicted molar refractivity (Wildman–Crippen MR) is 54.9 cm³/mol. The fourth-order valence-corrected chi connectivity index (χ4v) is 1.59. The highest BCUT2D eigenvalue weighted by atomic mass is 16.5. The van der Waals surface area contributed by atoms with E-state index in [0.717, 1.165) is 13.0 Å². The minimum Gasteiger partial charge on any atom is -0.377 e. The Morgan fingerprint density at radius 2 is 2.43 bits per heavy atom. The molecule has 1 aliphatic rings. The lowest BCUT2D eigenvalue weighted by Gasteiger charge is -2.33. The quantitative estimate of drug-likeness (QED) is 0.715. The van der Waals surface area contributed by atoms with Crippen molar-refractivity contribution in [3.8, 4) is 0 Å². The highest BCUT2D eigenvalue weighted by molar-refractivity contribution is 5.76. The van der Waals surface area contributed by atoms with E-state index < -0.39 is 0 Å². The Labute approximate surface area is 85.4 Å². The Morgan fingerprint density at radius 1 is 1.71 bits per heavy atom. The molecule has 1 heterocycles. The molecule has 1 amide bonds. The second-order valence-electron chi connectivity index (χ2n) is 4.03. The Balaban J connectivity index is 2.34. The van der Waals surface area contributed by atoms with Crippen LogP contribution in [0.1, 0.15) is 26.7 Å². The summed E-state index contributed by atoms with van der Waals surface area (Å²) in [5, 5.41) is 0. The van der Waals surface area contributed by atoms with Crippen molar-refractivity contribution in [2.45, 2.75) is 38.8 Å². The minimum atomic E-state index is 0.107. The van der Waals surface area contributed by atoms with Crippen molar-refractivity contribution in [3.63, 3.8) is 0 Å². The fourth-order valence-electron chi connectivity index (χ4n) is 1.59. The Morgan fingerprint density at radius 3 is 3.00 bits per heavy atom. The summed E-state index contributed by atoms with van der Waals surface area (Å²) in [6, 6.07) is 0.319. The molecule has 1 rings (SSSR count). The molecule has 1 unspecified atom stereocenters. The van der Waals surface area contributed by atoms with Crippen LogP contribution in [0.5, 0.6) is 0 Å². The molecule has 14 heavy (non-hydrogen) atoms. The lowest BCUT2D eigenvalue weighted by molar-refractivity contribution is -0.139. The van der Waals surface area contributed by atoms with Crippen LogP contribution >= 0.6 is 0 Å². The van der Waals surface area contributed by atoms with E-state index in [-0.39, 0.29) is 18.0 Å². The first-order valence-corrected chi connectivity index (χ1v) is 5.24. The van der Waals surface area contributed by atoms with Gasteiger partial charge in [-0.3, -0.25) is 4.79 Å². The van der Waals surface area contributed by atoms with Gasteiger partial charge in [0.05, 0.1) is 19.3 Å². The molecule has 1 saturated heterocycles. The zero-order valence-electron chi connectivity index (χ0n) is 9.03. The second kappa shape index (κ2) is 5.32. The number of carbonyl (C=O) groups excluding carboxylic acids is 1. The Hall–Kier alpha value is -0.610. The van der Waals surface area contributed by atoms with Crippen molar-refractivity contribution >= 4 is 5.91 Å². The van der Waals surface area contributed by atoms with Gasteiger partial charge in [-0.05, 0) is 20.3 Å². The molecular weight excluding hydrogens is 180 g/mol. The third-order valence-electron chi connectivity index (χ3n) is 2.50. The van der Waals surface area contributed by atoms with E-state index in [0.29, 0.717) is 19.6 Å². The normalized spacial score (nSPS) is 24.8. The molecule has 2 atom stereocenters. The molecule has 4 nitrogen and oxygen atoms in total. The van der Waals surface area contributed by atoms with Crippen LogP contribution in [0.4, 0.5) is 0 Å². The third kappa shape index (κ3) is 3.27. The van der Waals surface area contributed by atoms with Gasteiger partial charge in [0, 0.05) is 19.0 Å². The lowest BCUT2D eigenvalue weighted by Crippen LogP contribution is -2.47. The number of hydrogen-bond donors (Lipinski definition) is 1. The van der Waals surface area contributed by atoms with Gasteiger partial charge in [0.15, 0.2) is 0 Å². The van der Waals surface area contributed by atoms with E-state index in [9.17, 15) is 4.79 Å². The first-order valence-electron chi connectivity index (χ1n) is 5.24. The van der Waals surface area contributed by atoms with Gasteiger partial charge in [0.1, 0.15) is 0 Å². The Kier molecular flexibility index (Phi) is 4.35. The van der Waals surface area contributed by atoms with Crippen LogP contribution < -0.4 is 5.73 Å². The van der Waals surface area contributed by atoms with Gasteiger partial charge in [-0.15, -0.1) is 0 Å². The molecule has 0 aromatic carbocycles. The standard InChI is InChI=1S/C10H20N2O2/c1-8(11)3-4-10(13)12-5-6-14-7-9(12)2/h8-9H,3-7,11H2,1-2H3/t8?,9-/m1/s1. The molecule has 0 radical (unpaired) electrons. The van der Waals surface area contributed by atoms with Crippen LogP contribution in [0, 0.1) is 0 Å². The highest BCUT2D eigenvalue weighted by Gasteiger charge is 2.23. The monoisotopic (exact) mass is 200 g/mol. The number of hydrogen-bond acceptors (Lipinski definition) is 3. The minimum absolute atomic E-state index is 0.107. The number of amides is 1. The molecule has 0 spiro atoms. The van der Waals surface area contributed by atoms with E-state index in [4.69, 9.17) is 10.5 Å². The van der Waals surface area contributed by atoms with Crippen molar-refractivity contribution in [2.24, 2.45) is 5.73 Å². The van der Waals surface area contributed by atoms with Gasteiger partial charge in [0.2, 0.25) is 5.91 Å². The summed E-state index contributed by atoms with van der Waals surface area (Å²) in [6.45, 7) is 5.98. The van der Waals surface area contributed by atoms with Gasteiger partial charge in [-0.2, -0.15) is 0 Å². The fraction of sp³-hybridized carbons (Fsp3) is 0.900. The van der Waals surface area contributed by atoms with Gasteiger partial charge >= 0.3 is 0 Å². The van der Waals surface area contributed by atoms with Crippen LogP contribution in [0.25, 0.3) is 0 Å². The number of carbonyl (C=O) groups is 1. The molecule has 82 valence electrons. The third-order valence-corrected chi connectivity index (χ3v) is 2.50. The molecule has 4 heteroatoms.